The summed E-state index contributed by atoms with van der Waals surface area (Å²) < 4.78 is 0. The zero-order valence-corrected chi connectivity index (χ0v) is 13.0. The van der Waals surface area contributed by atoms with Crippen molar-refractivity contribution >= 4 is 23.3 Å². The van der Waals surface area contributed by atoms with Gasteiger partial charge >= 0.3 is 0 Å². The highest BCUT2D eigenvalue weighted by Crippen LogP contribution is 2.20. The first-order chi connectivity index (χ1) is 10.1. The minimum atomic E-state index is -0.249. The Kier molecular flexibility index (Phi) is 5.82. The van der Waals surface area contributed by atoms with Crippen LogP contribution in [-0.2, 0) is 0 Å². The molecule has 6 heteroatoms. The first-order valence-corrected chi connectivity index (χ1v) is 7.87. The van der Waals surface area contributed by atoms with Crippen LogP contribution in [0.5, 0.6) is 0 Å². The number of hydrogen-bond acceptors (Lipinski definition) is 4. The van der Waals surface area contributed by atoms with Crippen molar-refractivity contribution in [3.8, 4) is 0 Å². The van der Waals surface area contributed by atoms with E-state index in [1.165, 1.54) is 0 Å². The molecular formula is C15H22ClN3O2. The Labute approximate surface area is 130 Å². The topological polar surface area (TPSA) is 74.2 Å². The van der Waals surface area contributed by atoms with Gasteiger partial charge in [0.25, 0.3) is 5.91 Å². The van der Waals surface area contributed by atoms with Crippen LogP contribution in [0.1, 0.15) is 49.5 Å². The fourth-order valence-corrected chi connectivity index (χ4v) is 2.62. The van der Waals surface area contributed by atoms with Crippen molar-refractivity contribution in [3.63, 3.8) is 0 Å². The molecule has 116 valence electrons. The van der Waals surface area contributed by atoms with Crippen LogP contribution in [-0.4, -0.2) is 34.7 Å². The van der Waals surface area contributed by atoms with Gasteiger partial charge in [-0.2, -0.15) is 0 Å². The molecule has 0 saturated heterocycles. The van der Waals surface area contributed by atoms with E-state index in [9.17, 15) is 9.90 Å². The van der Waals surface area contributed by atoms with Crippen LogP contribution in [0.2, 0.25) is 5.02 Å². The van der Waals surface area contributed by atoms with E-state index in [1.807, 2.05) is 0 Å². The molecule has 0 spiro atoms. The zero-order valence-electron chi connectivity index (χ0n) is 12.2. The number of carbonyl (C=O) groups is 1. The second-order valence-corrected chi connectivity index (χ2v) is 5.84. The summed E-state index contributed by atoms with van der Waals surface area (Å²) in [5.41, 5.74) is 0.254. The standard InChI is InChI=1S/C15H22ClN3O2/c1-2-9-17-13-8-7-12(16)14(19-13)15(21)18-10-3-5-11(20)6-4-10/h7-8,10-11,20H,2-6,9H2,1H3,(H,17,19)(H,18,21). The van der Waals surface area contributed by atoms with Crippen LogP contribution in [0.15, 0.2) is 12.1 Å². The normalized spacial score (nSPS) is 21.9. The second-order valence-electron chi connectivity index (χ2n) is 5.43. The molecule has 0 unspecified atom stereocenters. The lowest BCUT2D eigenvalue weighted by atomic mass is 9.93. The Morgan fingerprint density at radius 3 is 2.76 bits per heavy atom. The number of halogens is 1. The molecule has 1 saturated carbocycles. The summed E-state index contributed by atoms with van der Waals surface area (Å²) >= 11 is 6.07. The van der Waals surface area contributed by atoms with E-state index in [0.717, 1.165) is 38.6 Å². The summed E-state index contributed by atoms with van der Waals surface area (Å²) in [6, 6.07) is 3.55. The fourth-order valence-electron chi connectivity index (χ4n) is 2.43. The molecule has 1 aromatic heterocycles. The Bertz CT molecular complexity index is 488. The number of carbonyl (C=O) groups excluding carboxylic acids is 1. The van der Waals surface area contributed by atoms with Crippen molar-refractivity contribution in [2.75, 3.05) is 11.9 Å². The van der Waals surface area contributed by atoms with E-state index in [4.69, 9.17) is 11.6 Å². The highest BCUT2D eigenvalue weighted by Gasteiger charge is 2.22. The van der Waals surface area contributed by atoms with Gasteiger partial charge in [0.05, 0.1) is 11.1 Å². The first kappa shape index (κ1) is 16.0. The predicted molar refractivity (Wildman–Crippen MR) is 83.8 cm³/mol. The quantitative estimate of drug-likeness (QED) is 0.781. The Balaban J connectivity index is 2.00. The minimum Gasteiger partial charge on any atom is -0.393 e. The van der Waals surface area contributed by atoms with Gasteiger partial charge in [0.15, 0.2) is 0 Å². The molecule has 5 nitrogen and oxygen atoms in total. The smallest absolute Gasteiger partial charge is 0.271 e. The van der Waals surface area contributed by atoms with Gasteiger partial charge in [0.2, 0.25) is 0 Å². The van der Waals surface area contributed by atoms with Crippen molar-refractivity contribution in [2.24, 2.45) is 0 Å². The maximum atomic E-state index is 12.3. The van der Waals surface area contributed by atoms with Gasteiger partial charge in [-0.05, 0) is 44.2 Å². The predicted octanol–water partition coefficient (Wildman–Crippen LogP) is 2.59. The lowest BCUT2D eigenvalue weighted by Crippen LogP contribution is -2.39. The fraction of sp³-hybridized carbons (Fsp3) is 0.600. The number of amides is 1. The molecule has 1 aliphatic carbocycles. The monoisotopic (exact) mass is 311 g/mol. The van der Waals surface area contributed by atoms with Crippen LogP contribution in [0, 0.1) is 0 Å². The molecule has 1 heterocycles. The average molecular weight is 312 g/mol. The summed E-state index contributed by atoms with van der Waals surface area (Å²) in [7, 11) is 0. The van der Waals surface area contributed by atoms with Crippen LogP contribution in [0.3, 0.4) is 0 Å². The molecule has 0 radical (unpaired) electrons. The first-order valence-electron chi connectivity index (χ1n) is 7.49. The number of nitrogens with one attached hydrogen (secondary N) is 2. The van der Waals surface area contributed by atoms with Crippen LogP contribution in [0.4, 0.5) is 5.82 Å². The third-order valence-corrected chi connectivity index (χ3v) is 3.95. The summed E-state index contributed by atoms with van der Waals surface area (Å²) in [5, 5.41) is 15.9. The Hall–Kier alpha value is -1.33. The maximum Gasteiger partial charge on any atom is 0.271 e. The third kappa shape index (κ3) is 4.58. The van der Waals surface area contributed by atoms with Gasteiger partial charge < -0.3 is 15.7 Å². The molecule has 1 amide bonds. The summed E-state index contributed by atoms with van der Waals surface area (Å²) in [4.78, 5) is 16.6. The van der Waals surface area contributed by atoms with Gasteiger partial charge in [0.1, 0.15) is 11.5 Å². The van der Waals surface area contributed by atoms with Crippen LogP contribution in [0.25, 0.3) is 0 Å². The van der Waals surface area contributed by atoms with Crippen molar-refractivity contribution < 1.29 is 9.90 Å². The van der Waals surface area contributed by atoms with E-state index in [0.29, 0.717) is 10.8 Å². The van der Waals surface area contributed by atoms with Gasteiger partial charge in [0, 0.05) is 12.6 Å². The summed E-state index contributed by atoms with van der Waals surface area (Å²) in [6.45, 7) is 2.87. The molecule has 2 rings (SSSR count). The van der Waals surface area contributed by atoms with E-state index < -0.39 is 0 Å². The molecule has 1 fully saturated rings. The molecule has 0 bridgehead atoms. The van der Waals surface area contributed by atoms with Crippen LogP contribution < -0.4 is 10.6 Å². The molecule has 3 N–H and O–H groups in total. The zero-order chi connectivity index (χ0) is 15.2. The second kappa shape index (κ2) is 7.61. The molecule has 0 aliphatic heterocycles. The molecule has 1 aliphatic rings. The van der Waals surface area contributed by atoms with Gasteiger partial charge in [-0.3, -0.25) is 4.79 Å². The molecule has 1 aromatic rings. The number of hydrogen-bond donors (Lipinski definition) is 3. The summed E-state index contributed by atoms with van der Waals surface area (Å²) in [6.07, 6.45) is 3.78. The Morgan fingerprint density at radius 1 is 1.38 bits per heavy atom. The van der Waals surface area contributed by atoms with Crippen molar-refractivity contribution in [1.82, 2.24) is 10.3 Å². The van der Waals surface area contributed by atoms with Crippen molar-refractivity contribution in [2.45, 2.75) is 51.2 Å². The summed E-state index contributed by atoms with van der Waals surface area (Å²) in [5.74, 6) is 0.409. The molecular weight excluding hydrogens is 290 g/mol. The minimum absolute atomic E-state index is 0.0889. The molecule has 21 heavy (non-hydrogen) atoms. The number of anilines is 1. The Morgan fingerprint density at radius 2 is 2.10 bits per heavy atom. The van der Waals surface area contributed by atoms with Crippen LogP contribution >= 0.6 is 11.6 Å². The van der Waals surface area contributed by atoms with Crippen molar-refractivity contribution in [1.29, 1.82) is 0 Å². The van der Waals surface area contributed by atoms with E-state index in [1.54, 1.807) is 12.1 Å². The van der Waals surface area contributed by atoms with Gasteiger partial charge in [-0.25, -0.2) is 4.98 Å². The van der Waals surface area contributed by atoms with E-state index >= 15 is 0 Å². The highest BCUT2D eigenvalue weighted by molar-refractivity contribution is 6.33. The number of aromatic nitrogens is 1. The number of nitrogens with zero attached hydrogens (tertiary/aromatic N) is 1. The average Bonchev–Trinajstić information content (AvgIpc) is 2.48. The molecule has 0 atom stereocenters. The lowest BCUT2D eigenvalue weighted by molar-refractivity contribution is 0.0863. The van der Waals surface area contributed by atoms with Crippen molar-refractivity contribution in [3.05, 3.63) is 22.8 Å². The lowest BCUT2D eigenvalue weighted by Gasteiger charge is -2.26. The maximum absolute atomic E-state index is 12.3. The molecule has 0 aromatic carbocycles. The largest absolute Gasteiger partial charge is 0.393 e. The SMILES string of the molecule is CCCNc1ccc(Cl)c(C(=O)NC2CCC(O)CC2)n1. The number of aliphatic hydroxyl groups excluding tert-OH is 1. The van der Waals surface area contributed by atoms with Gasteiger partial charge in [-0.1, -0.05) is 18.5 Å². The van der Waals surface area contributed by atoms with E-state index in [-0.39, 0.29) is 23.7 Å². The van der Waals surface area contributed by atoms with E-state index in [2.05, 4.69) is 22.5 Å². The number of aliphatic hydroxyl groups is 1. The number of rotatable bonds is 5. The highest BCUT2D eigenvalue weighted by atomic mass is 35.5. The third-order valence-electron chi connectivity index (χ3n) is 3.65. The van der Waals surface area contributed by atoms with Gasteiger partial charge in [-0.15, -0.1) is 0 Å². The number of pyridine rings is 1.